The minimum Gasteiger partial charge on any atom is -0.353 e. The highest BCUT2D eigenvalue weighted by molar-refractivity contribution is 5.96. The number of H-pyrrole nitrogens is 1. The van der Waals surface area contributed by atoms with Crippen LogP contribution in [0, 0.1) is 0 Å². The van der Waals surface area contributed by atoms with Gasteiger partial charge in [0.1, 0.15) is 5.69 Å². The van der Waals surface area contributed by atoms with E-state index in [0.29, 0.717) is 6.41 Å². The number of rotatable bonds is 3. The van der Waals surface area contributed by atoms with E-state index in [1.165, 1.54) is 12.8 Å². The second-order valence-electron chi connectivity index (χ2n) is 5.21. The summed E-state index contributed by atoms with van der Waals surface area (Å²) in [6, 6.07) is 0.976. The number of guanidine groups is 1. The molecule has 0 spiro atoms. The molecule has 0 atom stereocenters. The van der Waals surface area contributed by atoms with Crippen LogP contribution in [0.1, 0.15) is 44.2 Å². The lowest BCUT2D eigenvalue weighted by Crippen LogP contribution is -2.39. The van der Waals surface area contributed by atoms with E-state index < -0.39 is 11.9 Å². The van der Waals surface area contributed by atoms with E-state index in [-0.39, 0.29) is 17.8 Å². The van der Waals surface area contributed by atoms with Crippen LogP contribution >= 0.6 is 0 Å². The Balaban J connectivity index is 2.01. The van der Waals surface area contributed by atoms with Crippen LogP contribution in [0.2, 0.25) is 0 Å². The Morgan fingerprint density at radius 2 is 2.00 bits per heavy atom. The number of aromatic amines is 1. The summed E-state index contributed by atoms with van der Waals surface area (Å²) in [7, 11) is 0. The van der Waals surface area contributed by atoms with Gasteiger partial charge in [0.05, 0.1) is 0 Å². The van der Waals surface area contributed by atoms with Crippen LogP contribution in [0.3, 0.4) is 0 Å². The number of hydrogen-bond donors (Lipinski definition) is 3. The molecule has 0 aromatic carbocycles. The molecule has 1 aliphatic rings. The van der Waals surface area contributed by atoms with Crippen LogP contribution in [0.4, 0.5) is 19.0 Å². The molecule has 0 radical (unpaired) electrons. The minimum absolute atomic E-state index is 0.0472. The maximum absolute atomic E-state index is 12.5. The summed E-state index contributed by atoms with van der Waals surface area (Å²) in [6.45, 7) is 0. The van der Waals surface area contributed by atoms with Crippen molar-refractivity contribution in [1.82, 2.24) is 15.5 Å². The quantitative estimate of drug-likeness (QED) is 0.346. The van der Waals surface area contributed by atoms with Gasteiger partial charge in [0.25, 0.3) is 0 Å². The molecule has 1 aromatic heterocycles. The average molecular weight is 317 g/mol. The first kappa shape index (κ1) is 16.3. The standard InChI is InChI=1S/C13H18F3N5O/c14-13(15,16)10-7-11(21-20-10)19-12(17-8-22)18-9-5-3-1-2-4-6-9/h7-9H,1-6H2,(H3,17,18,19,20,21,22). The third-order valence-electron chi connectivity index (χ3n) is 3.51. The molecule has 1 amide bonds. The minimum atomic E-state index is -4.50. The Morgan fingerprint density at radius 3 is 2.55 bits per heavy atom. The number of halogens is 3. The predicted molar refractivity (Wildman–Crippen MR) is 75.3 cm³/mol. The molecule has 122 valence electrons. The van der Waals surface area contributed by atoms with Gasteiger partial charge in [-0.25, -0.2) is 0 Å². The predicted octanol–water partition coefficient (Wildman–Crippen LogP) is 2.67. The van der Waals surface area contributed by atoms with Gasteiger partial charge < -0.3 is 10.6 Å². The van der Waals surface area contributed by atoms with Gasteiger partial charge in [0.2, 0.25) is 12.4 Å². The summed E-state index contributed by atoms with van der Waals surface area (Å²) in [5.74, 6) is 0.0659. The molecular formula is C13H18F3N5O. The number of nitrogens with zero attached hydrogens (tertiary/aromatic N) is 2. The Labute approximate surface area is 125 Å². The lowest BCUT2D eigenvalue weighted by atomic mass is 10.1. The zero-order valence-corrected chi connectivity index (χ0v) is 11.9. The van der Waals surface area contributed by atoms with E-state index in [4.69, 9.17) is 0 Å². The Hall–Kier alpha value is -2.06. The molecule has 3 N–H and O–H groups in total. The van der Waals surface area contributed by atoms with Crippen molar-refractivity contribution in [3.05, 3.63) is 11.8 Å². The van der Waals surface area contributed by atoms with Crippen molar-refractivity contribution >= 4 is 18.2 Å². The highest BCUT2D eigenvalue weighted by atomic mass is 19.4. The summed E-state index contributed by atoms with van der Waals surface area (Å²) in [4.78, 5) is 14.2. The third kappa shape index (κ3) is 4.74. The summed E-state index contributed by atoms with van der Waals surface area (Å²) in [5.41, 5.74) is -0.963. The van der Waals surface area contributed by atoms with Crippen molar-refractivity contribution < 1.29 is 18.0 Å². The molecule has 1 heterocycles. The van der Waals surface area contributed by atoms with Crippen LogP contribution in [0.25, 0.3) is 0 Å². The van der Waals surface area contributed by atoms with E-state index in [2.05, 4.69) is 20.7 Å². The molecule has 1 aliphatic carbocycles. The van der Waals surface area contributed by atoms with E-state index in [1.807, 2.05) is 5.10 Å². The van der Waals surface area contributed by atoms with Crippen LogP contribution in [-0.2, 0) is 11.0 Å². The molecule has 6 nitrogen and oxygen atoms in total. The molecular weight excluding hydrogens is 299 g/mol. The van der Waals surface area contributed by atoms with Gasteiger partial charge in [-0.2, -0.15) is 23.3 Å². The van der Waals surface area contributed by atoms with Crippen molar-refractivity contribution in [3.63, 3.8) is 0 Å². The van der Waals surface area contributed by atoms with Gasteiger partial charge in [0, 0.05) is 12.1 Å². The maximum atomic E-state index is 12.5. The molecule has 1 aromatic rings. The number of nitrogens with one attached hydrogen (secondary N) is 3. The monoisotopic (exact) mass is 317 g/mol. The highest BCUT2D eigenvalue weighted by Gasteiger charge is 2.33. The van der Waals surface area contributed by atoms with E-state index in [9.17, 15) is 18.0 Å². The lowest BCUT2D eigenvalue weighted by Gasteiger charge is -2.18. The average Bonchev–Trinajstić information content (AvgIpc) is 2.76. The normalized spacial score (nSPS) is 17.9. The van der Waals surface area contributed by atoms with E-state index in [1.54, 1.807) is 0 Å². The van der Waals surface area contributed by atoms with Crippen LogP contribution in [-0.4, -0.2) is 28.6 Å². The van der Waals surface area contributed by atoms with E-state index >= 15 is 0 Å². The van der Waals surface area contributed by atoms with Gasteiger partial charge in [-0.05, 0) is 12.8 Å². The molecule has 0 bridgehead atoms. The zero-order chi connectivity index (χ0) is 16.0. The molecule has 2 rings (SSSR count). The smallest absolute Gasteiger partial charge is 0.353 e. The topological polar surface area (TPSA) is 82.2 Å². The van der Waals surface area contributed by atoms with Gasteiger partial charge in [0.15, 0.2) is 5.82 Å². The largest absolute Gasteiger partial charge is 0.432 e. The fourth-order valence-corrected chi connectivity index (χ4v) is 2.43. The number of amides is 1. The summed E-state index contributed by atoms with van der Waals surface area (Å²) in [5, 5.41) is 11.1. The second kappa shape index (κ2) is 7.28. The van der Waals surface area contributed by atoms with Gasteiger partial charge in [-0.15, -0.1) is 0 Å². The maximum Gasteiger partial charge on any atom is 0.432 e. The van der Waals surface area contributed by atoms with Crippen LogP contribution in [0.5, 0.6) is 0 Å². The fourth-order valence-electron chi connectivity index (χ4n) is 2.43. The molecule has 1 fully saturated rings. The van der Waals surface area contributed by atoms with Crippen molar-refractivity contribution in [2.45, 2.75) is 50.7 Å². The number of anilines is 1. The Bertz CT molecular complexity index is 518. The van der Waals surface area contributed by atoms with Crippen LogP contribution < -0.4 is 10.6 Å². The van der Waals surface area contributed by atoms with Gasteiger partial charge in [-0.1, -0.05) is 25.7 Å². The molecule has 0 saturated heterocycles. The zero-order valence-electron chi connectivity index (χ0n) is 11.9. The summed E-state index contributed by atoms with van der Waals surface area (Å²) >= 11 is 0. The van der Waals surface area contributed by atoms with Crippen molar-refractivity contribution in [1.29, 1.82) is 0 Å². The third-order valence-corrected chi connectivity index (χ3v) is 3.51. The molecule has 9 heteroatoms. The van der Waals surface area contributed by atoms with Crippen LogP contribution in [0.15, 0.2) is 11.1 Å². The number of carbonyl (C=O) groups excluding carboxylic acids is 1. The van der Waals surface area contributed by atoms with Crippen molar-refractivity contribution in [2.75, 3.05) is 5.32 Å². The highest BCUT2D eigenvalue weighted by Crippen LogP contribution is 2.28. The molecule has 22 heavy (non-hydrogen) atoms. The van der Waals surface area contributed by atoms with Gasteiger partial charge in [-0.3, -0.25) is 9.89 Å². The first-order chi connectivity index (χ1) is 10.5. The molecule has 0 unspecified atom stereocenters. The summed E-state index contributed by atoms with van der Waals surface area (Å²) in [6.07, 6.45) is 2.20. The number of hydrogen-bond acceptors (Lipinski definition) is 2. The molecule has 0 aliphatic heterocycles. The summed E-state index contributed by atoms with van der Waals surface area (Å²) < 4.78 is 37.5. The SMILES string of the molecule is O=C/N=C(\Nc1cc(C(F)(F)F)[nH]n1)NC1CCCCCC1. The molecule has 1 saturated carbocycles. The second-order valence-corrected chi connectivity index (χ2v) is 5.21. The number of aromatic nitrogens is 2. The first-order valence-electron chi connectivity index (χ1n) is 7.16. The number of carbonyl (C=O) groups is 1. The fraction of sp³-hybridized carbons (Fsp3) is 0.615. The van der Waals surface area contributed by atoms with Crippen molar-refractivity contribution in [2.24, 2.45) is 4.99 Å². The van der Waals surface area contributed by atoms with E-state index in [0.717, 1.165) is 31.7 Å². The first-order valence-corrected chi connectivity index (χ1v) is 7.16. The number of alkyl halides is 3. The van der Waals surface area contributed by atoms with Crippen molar-refractivity contribution in [3.8, 4) is 0 Å². The lowest BCUT2D eigenvalue weighted by molar-refractivity contribution is -0.141. The Kier molecular flexibility index (Phi) is 5.40. The number of aliphatic imine (C=N–C) groups is 1. The Morgan fingerprint density at radius 1 is 1.32 bits per heavy atom. The van der Waals surface area contributed by atoms with Gasteiger partial charge >= 0.3 is 6.18 Å².